The number of benzene rings is 1. The van der Waals surface area contributed by atoms with E-state index in [-0.39, 0.29) is 30.6 Å². The Morgan fingerprint density at radius 2 is 1.92 bits per heavy atom. The van der Waals surface area contributed by atoms with Gasteiger partial charge in [0.1, 0.15) is 5.82 Å². The van der Waals surface area contributed by atoms with Crippen molar-refractivity contribution in [2.75, 3.05) is 19.6 Å². The maximum Gasteiger partial charge on any atom is 0.242 e. The molecule has 0 atom stereocenters. The summed E-state index contributed by atoms with van der Waals surface area (Å²) >= 11 is 0. The lowest BCUT2D eigenvalue weighted by Gasteiger charge is -2.34. The maximum absolute atomic E-state index is 13.2. The van der Waals surface area contributed by atoms with Gasteiger partial charge >= 0.3 is 0 Å². The van der Waals surface area contributed by atoms with E-state index < -0.39 is 0 Å². The number of aromatic nitrogens is 1. The molecule has 2 amide bonds. The Morgan fingerprint density at radius 3 is 2.62 bits per heavy atom. The van der Waals surface area contributed by atoms with Crippen LogP contribution in [0, 0.1) is 5.82 Å². The molecule has 2 aromatic rings. The Balaban J connectivity index is 1.57. The number of hydrogen-bond donors (Lipinski definition) is 0. The van der Waals surface area contributed by atoms with E-state index in [0.29, 0.717) is 19.6 Å². The molecule has 6 heteroatoms. The first kappa shape index (κ1) is 16.1. The van der Waals surface area contributed by atoms with Crippen molar-refractivity contribution in [2.45, 2.75) is 13.0 Å². The molecule has 2 heterocycles. The largest absolute Gasteiger partial charge is 0.335 e. The Kier molecular flexibility index (Phi) is 4.84. The number of pyridine rings is 1. The standard InChI is InChI=1S/C18H18FN3O2/c19-16-3-1-2-15(10-16)12-21-8-9-22(13-18(21)24)17(23)11-14-4-6-20-7-5-14/h1-7,10H,8-9,11-13H2. The summed E-state index contributed by atoms with van der Waals surface area (Å²) in [6.45, 7) is 1.38. The number of piperazine rings is 1. The van der Waals surface area contributed by atoms with Crippen molar-refractivity contribution in [3.63, 3.8) is 0 Å². The molecule has 0 spiro atoms. The first-order valence-corrected chi connectivity index (χ1v) is 7.81. The average molecular weight is 327 g/mol. The number of carbonyl (C=O) groups is 2. The zero-order chi connectivity index (χ0) is 16.9. The van der Waals surface area contributed by atoms with Crippen molar-refractivity contribution in [1.29, 1.82) is 0 Å². The lowest BCUT2D eigenvalue weighted by atomic mass is 10.1. The van der Waals surface area contributed by atoms with E-state index in [9.17, 15) is 14.0 Å². The van der Waals surface area contributed by atoms with Gasteiger partial charge in [0.15, 0.2) is 0 Å². The number of rotatable bonds is 4. The molecule has 3 rings (SSSR count). The van der Waals surface area contributed by atoms with Crippen molar-refractivity contribution in [2.24, 2.45) is 0 Å². The molecule has 1 aliphatic heterocycles. The quantitative estimate of drug-likeness (QED) is 0.858. The minimum absolute atomic E-state index is 0.0687. The SMILES string of the molecule is O=C(Cc1ccncc1)N1CCN(Cc2cccc(F)c2)C(=O)C1. The molecule has 0 N–H and O–H groups in total. The van der Waals surface area contributed by atoms with Crippen LogP contribution in [0.3, 0.4) is 0 Å². The minimum atomic E-state index is -0.314. The Hall–Kier alpha value is -2.76. The van der Waals surface area contributed by atoms with Crippen LogP contribution in [0.2, 0.25) is 0 Å². The van der Waals surface area contributed by atoms with Crippen molar-refractivity contribution in [1.82, 2.24) is 14.8 Å². The first-order chi connectivity index (χ1) is 11.6. The molecule has 1 aliphatic rings. The second-order valence-corrected chi connectivity index (χ2v) is 5.79. The molecule has 24 heavy (non-hydrogen) atoms. The van der Waals surface area contributed by atoms with Crippen LogP contribution < -0.4 is 0 Å². The number of nitrogens with zero attached hydrogens (tertiary/aromatic N) is 3. The van der Waals surface area contributed by atoms with E-state index in [1.807, 2.05) is 0 Å². The highest BCUT2D eigenvalue weighted by atomic mass is 19.1. The van der Waals surface area contributed by atoms with Gasteiger partial charge in [-0.2, -0.15) is 0 Å². The molecule has 0 unspecified atom stereocenters. The van der Waals surface area contributed by atoms with Crippen LogP contribution in [0.5, 0.6) is 0 Å². The summed E-state index contributed by atoms with van der Waals surface area (Å²) in [4.78, 5) is 31.7. The van der Waals surface area contributed by atoms with E-state index in [0.717, 1.165) is 11.1 Å². The summed E-state index contributed by atoms with van der Waals surface area (Å²) in [5.74, 6) is -0.500. The topological polar surface area (TPSA) is 53.5 Å². The second kappa shape index (κ2) is 7.21. The van der Waals surface area contributed by atoms with Gasteiger partial charge in [-0.3, -0.25) is 14.6 Å². The molecule has 0 saturated carbocycles. The summed E-state index contributed by atoms with van der Waals surface area (Å²) in [7, 11) is 0. The van der Waals surface area contributed by atoms with Crippen LogP contribution in [0.25, 0.3) is 0 Å². The van der Waals surface area contributed by atoms with Gasteiger partial charge in [-0.1, -0.05) is 12.1 Å². The van der Waals surface area contributed by atoms with Gasteiger partial charge < -0.3 is 9.80 Å². The molecule has 1 fully saturated rings. The molecular formula is C18H18FN3O2. The van der Waals surface area contributed by atoms with Gasteiger partial charge in [0.25, 0.3) is 0 Å². The van der Waals surface area contributed by atoms with Gasteiger partial charge in [-0.25, -0.2) is 4.39 Å². The predicted molar refractivity (Wildman–Crippen MR) is 86.3 cm³/mol. The molecule has 0 bridgehead atoms. The summed E-state index contributed by atoms with van der Waals surface area (Å²) in [5, 5.41) is 0. The molecule has 0 radical (unpaired) electrons. The fourth-order valence-electron chi connectivity index (χ4n) is 2.73. The Bertz CT molecular complexity index is 736. The van der Waals surface area contributed by atoms with E-state index in [1.165, 1.54) is 12.1 Å². The van der Waals surface area contributed by atoms with Gasteiger partial charge in [0.2, 0.25) is 11.8 Å². The molecular weight excluding hydrogens is 309 g/mol. The Labute approximate surface area is 139 Å². The third-order valence-electron chi connectivity index (χ3n) is 4.04. The molecule has 5 nitrogen and oxygen atoms in total. The zero-order valence-corrected chi connectivity index (χ0v) is 13.2. The van der Waals surface area contributed by atoms with Gasteiger partial charge in [0, 0.05) is 32.0 Å². The molecule has 0 aliphatic carbocycles. The molecule has 124 valence electrons. The minimum Gasteiger partial charge on any atom is -0.335 e. The fraction of sp³-hybridized carbons (Fsp3) is 0.278. The van der Waals surface area contributed by atoms with Gasteiger partial charge in [-0.15, -0.1) is 0 Å². The maximum atomic E-state index is 13.2. The van der Waals surface area contributed by atoms with E-state index in [2.05, 4.69) is 4.98 Å². The lowest BCUT2D eigenvalue weighted by Crippen LogP contribution is -2.52. The number of halogens is 1. The van der Waals surface area contributed by atoms with Crippen LogP contribution in [0.1, 0.15) is 11.1 Å². The second-order valence-electron chi connectivity index (χ2n) is 5.79. The van der Waals surface area contributed by atoms with Gasteiger partial charge in [-0.05, 0) is 35.4 Å². The van der Waals surface area contributed by atoms with Gasteiger partial charge in [0.05, 0.1) is 13.0 Å². The Morgan fingerprint density at radius 1 is 1.12 bits per heavy atom. The molecule has 1 saturated heterocycles. The van der Waals surface area contributed by atoms with Crippen molar-refractivity contribution < 1.29 is 14.0 Å². The first-order valence-electron chi connectivity index (χ1n) is 7.81. The fourth-order valence-corrected chi connectivity index (χ4v) is 2.73. The van der Waals surface area contributed by atoms with Crippen LogP contribution in [-0.2, 0) is 22.6 Å². The van der Waals surface area contributed by atoms with Crippen molar-refractivity contribution in [3.8, 4) is 0 Å². The van der Waals surface area contributed by atoms with E-state index in [4.69, 9.17) is 0 Å². The van der Waals surface area contributed by atoms with Crippen LogP contribution >= 0.6 is 0 Å². The molecule has 1 aromatic heterocycles. The smallest absolute Gasteiger partial charge is 0.242 e. The average Bonchev–Trinajstić information content (AvgIpc) is 2.57. The zero-order valence-electron chi connectivity index (χ0n) is 13.2. The van der Waals surface area contributed by atoms with Crippen molar-refractivity contribution in [3.05, 3.63) is 65.7 Å². The van der Waals surface area contributed by atoms with Crippen LogP contribution in [0.15, 0.2) is 48.8 Å². The number of carbonyl (C=O) groups excluding carboxylic acids is 2. The highest BCUT2D eigenvalue weighted by Crippen LogP contribution is 2.12. The predicted octanol–water partition coefficient (Wildman–Crippen LogP) is 1.63. The lowest BCUT2D eigenvalue weighted by molar-refractivity contribution is -0.145. The van der Waals surface area contributed by atoms with E-state index >= 15 is 0 Å². The molecule has 1 aromatic carbocycles. The third kappa shape index (κ3) is 3.95. The van der Waals surface area contributed by atoms with E-state index in [1.54, 1.807) is 46.5 Å². The van der Waals surface area contributed by atoms with Crippen molar-refractivity contribution >= 4 is 11.8 Å². The number of hydrogen-bond acceptors (Lipinski definition) is 3. The summed E-state index contributed by atoms with van der Waals surface area (Å²) in [5.41, 5.74) is 1.63. The van der Waals surface area contributed by atoms with Crippen LogP contribution in [0.4, 0.5) is 4.39 Å². The summed E-state index contributed by atoms with van der Waals surface area (Å²) in [6, 6.07) is 9.80. The van der Waals surface area contributed by atoms with Crippen LogP contribution in [-0.4, -0.2) is 46.2 Å². The summed E-state index contributed by atoms with van der Waals surface area (Å²) in [6.07, 6.45) is 3.55. The normalized spacial score (nSPS) is 14.8. The number of amides is 2. The third-order valence-corrected chi connectivity index (χ3v) is 4.04. The monoisotopic (exact) mass is 327 g/mol. The highest BCUT2D eigenvalue weighted by Gasteiger charge is 2.27. The summed E-state index contributed by atoms with van der Waals surface area (Å²) < 4.78 is 13.2. The highest BCUT2D eigenvalue weighted by molar-refractivity contribution is 5.87.